The van der Waals surface area contributed by atoms with E-state index in [0.717, 1.165) is 36.2 Å². The summed E-state index contributed by atoms with van der Waals surface area (Å²) >= 11 is 3.17. The van der Waals surface area contributed by atoms with Gasteiger partial charge in [-0.2, -0.15) is 22.9 Å². The molecule has 0 unspecified atom stereocenters. The number of hydrogen-bond donors (Lipinski definition) is 0. The monoisotopic (exact) mass is 618 g/mol. The van der Waals surface area contributed by atoms with E-state index in [9.17, 15) is 32.9 Å². The van der Waals surface area contributed by atoms with Crippen molar-refractivity contribution in [1.82, 2.24) is 9.66 Å². The van der Waals surface area contributed by atoms with Crippen LogP contribution in [-0.2, 0) is 15.7 Å². The largest absolute Gasteiger partial charge is 0.471 e. The van der Waals surface area contributed by atoms with Crippen LogP contribution in [0.5, 0.6) is 5.75 Å². The molecule has 0 spiro atoms. The number of methoxy groups -OCH3 is 1. The molecule has 10 nitrogen and oxygen atoms in total. The molecule has 1 heterocycles. The Balaban J connectivity index is 1.95. The highest BCUT2D eigenvalue weighted by Gasteiger charge is 2.31. The lowest BCUT2D eigenvalue weighted by Crippen LogP contribution is -2.26. The molecule has 0 saturated carbocycles. The predicted molar refractivity (Wildman–Crippen MR) is 142 cm³/mol. The third-order valence-electron chi connectivity index (χ3n) is 5.60. The van der Waals surface area contributed by atoms with Crippen molar-refractivity contribution in [1.29, 1.82) is 0 Å². The number of hydrogen-bond acceptors (Lipinski definition) is 8. The number of carbonyl (C=O) groups is 1. The Morgan fingerprint density at radius 3 is 2.58 bits per heavy atom. The summed E-state index contributed by atoms with van der Waals surface area (Å²) in [6.45, 7) is 1.32. The van der Waals surface area contributed by atoms with Crippen molar-refractivity contribution in [2.24, 2.45) is 5.10 Å². The van der Waals surface area contributed by atoms with Gasteiger partial charge in [0, 0.05) is 21.7 Å². The smallest absolute Gasteiger partial charge is 0.416 e. The standard InChI is InChI=1S/C26H18BrF3N4O6/c1-14(25(36)39-2)40-22-16(11-18(27)12-21(22)34(37)38)13-31-33-23(15-6-5-7-17(10-15)26(28,29)30)32-20-9-4-3-8-19(20)24(33)35/h3-14H,1-2H3/t14-/m1/s1. The predicted octanol–water partition coefficient (Wildman–Crippen LogP) is 5.58. The lowest BCUT2D eigenvalue weighted by atomic mass is 10.1. The topological polar surface area (TPSA) is 126 Å². The molecule has 0 aliphatic carbocycles. The number of para-hydroxylation sites is 1. The zero-order chi connectivity index (χ0) is 29.2. The first-order valence-electron chi connectivity index (χ1n) is 11.4. The number of fused-ring (bicyclic) bond motifs is 1. The Kier molecular flexibility index (Phi) is 8.00. The zero-order valence-corrected chi connectivity index (χ0v) is 22.3. The van der Waals surface area contributed by atoms with Crippen LogP contribution in [0.15, 0.2) is 75.0 Å². The summed E-state index contributed by atoms with van der Waals surface area (Å²) < 4.78 is 51.5. The van der Waals surface area contributed by atoms with Gasteiger partial charge in [-0.1, -0.05) is 40.2 Å². The van der Waals surface area contributed by atoms with E-state index in [0.29, 0.717) is 0 Å². The lowest BCUT2D eigenvalue weighted by molar-refractivity contribution is -0.386. The van der Waals surface area contributed by atoms with Crippen LogP contribution in [0.4, 0.5) is 18.9 Å². The number of halogens is 4. The highest BCUT2D eigenvalue weighted by Crippen LogP contribution is 2.35. The maximum absolute atomic E-state index is 13.4. The van der Waals surface area contributed by atoms with E-state index in [2.05, 4.69) is 30.8 Å². The van der Waals surface area contributed by atoms with Crippen molar-refractivity contribution in [2.45, 2.75) is 19.2 Å². The Labute approximate surface area is 231 Å². The van der Waals surface area contributed by atoms with Crippen LogP contribution < -0.4 is 10.3 Å². The fourth-order valence-corrected chi connectivity index (χ4v) is 4.19. The van der Waals surface area contributed by atoms with E-state index >= 15 is 0 Å². The molecule has 0 aliphatic rings. The van der Waals surface area contributed by atoms with Gasteiger partial charge in [0.2, 0.25) is 5.75 Å². The third-order valence-corrected chi connectivity index (χ3v) is 6.06. The number of nitrogens with zero attached hydrogens (tertiary/aromatic N) is 4. The molecule has 1 atom stereocenters. The molecular formula is C26H18BrF3N4O6. The normalized spacial score (nSPS) is 12.4. The molecular weight excluding hydrogens is 601 g/mol. The van der Waals surface area contributed by atoms with E-state index in [-0.39, 0.29) is 38.1 Å². The number of nitro groups is 1. The van der Waals surface area contributed by atoms with Crippen molar-refractivity contribution in [3.8, 4) is 17.1 Å². The second-order valence-electron chi connectivity index (χ2n) is 8.28. The van der Waals surface area contributed by atoms with Gasteiger partial charge >= 0.3 is 17.8 Å². The third kappa shape index (κ3) is 5.86. The number of ether oxygens (including phenoxy) is 2. The number of carbonyl (C=O) groups excluding carboxylic acids is 1. The second-order valence-corrected chi connectivity index (χ2v) is 9.19. The molecule has 40 heavy (non-hydrogen) atoms. The fourth-order valence-electron chi connectivity index (χ4n) is 3.72. The number of alkyl halides is 3. The molecule has 206 valence electrons. The van der Waals surface area contributed by atoms with Crippen LogP contribution in [0, 0.1) is 10.1 Å². The maximum atomic E-state index is 13.4. The van der Waals surface area contributed by atoms with Crippen LogP contribution in [-0.4, -0.2) is 40.0 Å². The fraction of sp³-hybridized carbons (Fsp3) is 0.154. The van der Waals surface area contributed by atoms with E-state index in [1.165, 1.54) is 37.3 Å². The Morgan fingerprint density at radius 2 is 1.90 bits per heavy atom. The molecule has 0 fully saturated rings. The second kappa shape index (κ2) is 11.3. The summed E-state index contributed by atoms with van der Waals surface area (Å²) in [5.41, 5.74) is -2.03. The van der Waals surface area contributed by atoms with Crippen molar-refractivity contribution in [3.05, 3.63) is 96.7 Å². The summed E-state index contributed by atoms with van der Waals surface area (Å²) in [6, 6.07) is 13.0. The van der Waals surface area contributed by atoms with Crippen molar-refractivity contribution >= 4 is 44.7 Å². The van der Waals surface area contributed by atoms with Gasteiger partial charge in [-0.05, 0) is 37.3 Å². The van der Waals surface area contributed by atoms with Gasteiger partial charge in [0.1, 0.15) is 0 Å². The van der Waals surface area contributed by atoms with Gasteiger partial charge in [-0.15, -0.1) is 0 Å². The SMILES string of the molecule is COC(=O)[C@@H](C)Oc1c(C=Nn2c(-c3cccc(C(F)(F)F)c3)nc3ccccc3c2=O)cc(Br)cc1[N+](=O)[O-]. The van der Waals surface area contributed by atoms with E-state index < -0.39 is 40.0 Å². The average Bonchev–Trinajstić information content (AvgIpc) is 2.92. The van der Waals surface area contributed by atoms with Gasteiger partial charge in [-0.25, -0.2) is 9.78 Å². The molecule has 0 aliphatic heterocycles. The molecule has 0 bridgehead atoms. The average molecular weight is 619 g/mol. The summed E-state index contributed by atoms with van der Waals surface area (Å²) in [7, 11) is 1.12. The highest BCUT2D eigenvalue weighted by atomic mass is 79.9. The number of benzene rings is 3. The number of esters is 1. The molecule has 14 heteroatoms. The highest BCUT2D eigenvalue weighted by molar-refractivity contribution is 9.10. The van der Waals surface area contributed by atoms with E-state index in [1.807, 2.05) is 0 Å². The summed E-state index contributed by atoms with van der Waals surface area (Å²) in [5.74, 6) is -1.36. The Hall–Kier alpha value is -4.59. The van der Waals surface area contributed by atoms with Gasteiger partial charge in [-0.3, -0.25) is 14.9 Å². The van der Waals surface area contributed by atoms with E-state index in [4.69, 9.17) is 4.74 Å². The van der Waals surface area contributed by atoms with Crippen LogP contribution in [0.25, 0.3) is 22.3 Å². The zero-order valence-electron chi connectivity index (χ0n) is 20.7. The minimum atomic E-state index is -4.65. The molecule has 4 rings (SSSR count). The van der Waals surface area contributed by atoms with Crippen LogP contribution in [0.3, 0.4) is 0 Å². The number of nitro benzene ring substituents is 1. The Morgan fingerprint density at radius 1 is 1.18 bits per heavy atom. The van der Waals surface area contributed by atoms with Crippen LogP contribution in [0.2, 0.25) is 0 Å². The van der Waals surface area contributed by atoms with Gasteiger partial charge in [0.25, 0.3) is 5.56 Å². The minimum Gasteiger partial charge on any atom is -0.471 e. The summed E-state index contributed by atoms with van der Waals surface area (Å²) in [4.78, 5) is 40.8. The van der Waals surface area contributed by atoms with Crippen molar-refractivity contribution < 1.29 is 32.4 Å². The molecule has 3 aromatic carbocycles. The van der Waals surface area contributed by atoms with E-state index in [1.54, 1.807) is 12.1 Å². The molecule has 0 N–H and O–H groups in total. The summed E-state index contributed by atoms with van der Waals surface area (Å²) in [6.07, 6.45) is -4.85. The van der Waals surface area contributed by atoms with Gasteiger partial charge < -0.3 is 9.47 Å². The van der Waals surface area contributed by atoms with Crippen molar-refractivity contribution in [2.75, 3.05) is 7.11 Å². The van der Waals surface area contributed by atoms with Gasteiger partial charge in [0.05, 0.1) is 34.7 Å². The minimum absolute atomic E-state index is 0.0214. The quantitative estimate of drug-likeness (QED) is 0.115. The first kappa shape index (κ1) is 28.4. The molecule has 0 radical (unpaired) electrons. The molecule has 0 amide bonds. The van der Waals surface area contributed by atoms with Crippen LogP contribution >= 0.6 is 15.9 Å². The number of aromatic nitrogens is 2. The Bertz CT molecular complexity index is 1720. The number of rotatable bonds is 7. The van der Waals surface area contributed by atoms with Gasteiger partial charge in [0.15, 0.2) is 11.9 Å². The lowest BCUT2D eigenvalue weighted by Gasteiger charge is -2.15. The first-order chi connectivity index (χ1) is 18.9. The molecule has 0 saturated heterocycles. The first-order valence-corrected chi connectivity index (χ1v) is 12.2. The summed E-state index contributed by atoms with van der Waals surface area (Å²) in [5, 5.41) is 16.1. The van der Waals surface area contributed by atoms with Crippen molar-refractivity contribution in [3.63, 3.8) is 0 Å². The molecule has 4 aromatic rings. The maximum Gasteiger partial charge on any atom is 0.416 e. The molecule has 1 aromatic heterocycles. The van der Waals surface area contributed by atoms with Crippen LogP contribution in [0.1, 0.15) is 18.1 Å².